The maximum atomic E-state index is 3.49. The van der Waals surface area contributed by atoms with Gasteiger partial charge in [0, 0.05) is 11.4 Å². The molecule has 1 aromatic rings. The number of hydrogen-bond donors (Lipinski definition) is 1. The predicted molar refractivity (Wildman–Crippen MR) is 68.4 cm³/mol. The van der Waals surface area contributed by atoms with Crippen molar-refractivity contribution in [2.75, 3.05) is 18.6 Å². The van der Waals surface area contributed by atoms with Crippen LogP contribution in [0, 0.1) is 0 Å². The van der Waals surface area contributed by atoms with Crippen LogP contribution in [0.1, 0.15) is 23.8 Å². The van der Waals surface area contributed by atoms with E-state index >= 15 is 0 Å². The van der Waals surface area contributed by atoms with Crippen LogP contribution < -0.4 is 5.32 Å². The van der Waals surface area contributed by atoms with Crippen molar-refractivity contribution in [3.63, 3.8) is 0 Å². The van der Waals surface area contributed by atoms with Crippen LogP contribution >= 0.6 is 23.1 Å². The van der Waals surface area contributed by atoms with Gasteiger partial charge in [-0.2, -0.15) is 11.8 Å². The molecule has 0 saturated heterocycles. The smallest absolute Gasteiger partial charge is 0.0302 e. The van der Waals surface area contributed by atoms with Crippen molar-refractivity contribution in [3.05, 3.63) is 21.9 Å². The molecule has 0 atom stereocenters. The second-order valence-corrected chi connectivity index (χ2v) is 5.23. The SMILES string of the molecule is CCc1ccsc1CNCCCSC. The molecule has 3 heteroatoms. The minimum Gasteiger partial charge on any atom is -0.312 e. The van der Waals surface area contributed by atoms with Gasteiger partial charge in [0.2, 0.25) is 0 Å². The molecule has 0 amide bonds. The lowest BCUT2D eigenvalue weighted by Gasteiger charge is -2.04. The van der Waals surface area contributed by atoms with Crippen LogP contribution in [0.5, 0.6) is 0 Å². The minimum absolute atomic E-state index is 1.05. The molecule has 0 saturated carbocycles. The molecule has 14 heavy (non-hydrogen) atoms. The Kier molecular flexibility index (Phi) is 6.32. The Bertz CT molecular complexity index is 245. The molecule has 0 unspecified atom stereocenters. The van der Waals surface area contributed by atoms with Crippen LogP contribution in [-0.2, 0) is 13.0 Å². The van der Waals surface area contributed by atoms with Crippen molar-refractivity contribution in [1.82, 2.24) is 5.32 Å². The summed E-state index contributed by atoms with van der Waals surface area (Å²) in [6, 6.07) is 2.24. The molecule has 0 aliphatic carbocycles. The zero-order chi connectivity index (χ0) is 10.2. The van der Waals surface area contributed by atoms with Gasteiger partial charge >= 0.3 is 0 Å². The third kappa shape index (κ3) is 4.03. The summed E-state index contributed by atoms with van der Waals surface area (Å²) >= 11 is 3.79. The summed E-state index contributed by atoms with van der Waals surface area (Å²) < 4.78 is 0. The van der Waals surface area contributed by atoms with E-state index in [-0.39, 0.29) is 0 Å². The van der Waals surface area contributed by atoms with Gasteiger partial charge in [-0.1, -0.05) is 6.92 Å². The van der Waals surface area contributed by atoms with Crippen molar-refractivity contribution in [2.24, 2.45) is 0 Å². The first-order valence-electron chi connectivity index (χ1n) is 5.13. The lowest BCUT2D eigenvalue weighted by Crippen LogP contribution is -2.15. The Morgan fingerprint density at radius 1 is 1.50 bits per heavy atom. The quantitative estimate of drug-likeness (QED) is 0.721. The first-order valence-corrected chi connectivity index (χ1v) is 7.40. The van der Waals surface area contributed by atoms with E-state index in [2.05, 4.69) is 29.9 Å². The fourth-order valence-corrected chi connectivity index (χ4v) is 2.76. The second-order valence-electron chi connectivity index (χ2n) is 3.25. The van der Waals surface area contributed by atoms with E-state index < -0.39 is 0 Å². The van der Waals surface area contributed by atoms with E-state index in [4.69, 9.17) is 0 Å². The van der Waals surface area contributed by atoms with Crippen LogP contribution in [0.15, 0.2) is 11.4 Å². The van der Waals surface area contributed by atoms with Crippen LogP contribution in [0.3, 0.4) is 0 Å². The summed E-state index contributed by atoms with van der Waals surface area (Å²) in [5.74, 6) is 1.26. The summed E-state index contributed by atoms with van der Waals surface area (Å²) in [7, 11) is 0. The zero-order valence-electron chi connectivity index (χ0n) is 9.01. The summed E-state index contributed by atoms with van der Waals surface area (Å²) in [4.78, 5) is 1.51. The highest BCUT2D eigenvalue weighted by atomic mass is 32.2. The van der Waals surface area contributed by atoms with Gasteiger partial charge in [-0.3, -0.25) is 0 Å². The van der Waals surface area contributed by atoms with Crippen molar-refractivity contribution in [2.45, 2.75) is 26.3 Å². The van der Waals surface area contributed by atoms with E-state index in [1.54, 1.807) is 0 Å². The molecule has 0 aliphatic rings. The second kappa shape index (κ2) is 7.32. The van der Waals surface area contributed by atoms with E-state index in [0.717, 1.165) is 19.5 Å². The monoisotopic (exact) mass is 229 g/mol. The van der Waals surface area contributed by atoms with Gasteiger partial charge in [0.25, 0.3) is 0 Å². The van der Waals surface area contributed by atoms with Gasteiger partial charge in [-0.05, 0) is 48.4 Å². The van der Waals surface area contributed by atoms with E-state index in [1.807, 2.05) is 23.1 Å². The molecule has 80 valence electrons. The van der Waals surface area contributed by atoms with Crippen molar-refractivity contribution in [1.29, 1.82) is 0 Å². The summed E-state index contributed by atoms with van der Waals surface area (Å²) in [6.07, 6.45) is 4.59. The molecule has 0 bridgehead atoms. The van der Waals surface area contributed by atoms with Crippen LogP contribution in [0.2, 0.25) is 0 Å². The largest absolute Gasteiger partial charge is 0.312 e. The fourth-order valence-electron chi connectivity index (χ4n) is 1.38. The molecule has 0 aliphatic heterocycles. The lowest BCUT2D eigenvalue weighted by molar-refractivity contribution is 0.682. The fraction of sp³-hybridized carbons (Fsp3) is 0.636. The molecule has 1 aromatic heterocycles. The van der Waals surface area contributed by atoms with Gasteiger partial charge < -0.3 is 5.32 Å². The maximum absolute atomic E-state index is 3.49. The first kappa shape index (κ1) is 12.1. The summed E-state index contributed by atoms with van der Waals surface area (Å²) in [5, 5.41) is 5.69. The Morgan fingerprint density at radius 3 is 3.07 bits per heavy atom. The molecule has 1 heterocycles. The third-order valence-corrected chi connectivity index (χ3v) is 3.87. The Hall–Kier alpha value is 0.01000. The molecule has 1 rings (SSSR count). The van der Waals surface area contributed by atoms with E-state index in [9.17, 15) is 0 Å². The zero-order valence-corrected chi connectivity index (χ0v) is 10.6. The van der Waals surface area contributed by atoms with Crippen LogP contribution in [0.4, 0.5) is 0 Å². The third-order valence-electron chi connectivity index (χ3n) is 2.21. The Labute approximate surface area is 95.3 Å². The van der Waals surface area contributed by atoms with Crippen LogP contribution in [0.25, 0.3) is 0 Å². The molecule has 0 aromatic carbocycles. The van der Waals surface area contributed by atoms with Crippen molar-refractivity contribution < 1.29 is 0 Å². The van der Waals surface area contributed by atoms with Crippen LogP contribution in [-0.4, -0.2) is 18.6 Å². The number of nitrogens with one attached hydrogen (secondary N) is 1. The Morgan fingerprint density at radius 2 is 2.36 bits per heavy atom. The number of rotatable bonds is 7. The predicted octanol–water partition coefficient (Wildman–Crippen LogP) is 3.15. The van der Waals surface area contributed by atoms with Gasteiger partial charge in [0.15, 0.2) is 0 Å². The number of thioether (sulfide) groups is 1. The molecule has 1 N–H and O–H groups in total. The molecular weight excluding hydrogens is 210 g/mol. The first-order chi connectivity index (χ1) is 6.88. The van der Waals surface area contributed by atoms with Gasteiger partial charge in [-0.25, -0.2) is 0 Å². The highest BCUT2D eigenvalue weighted by Gasteiger charge is 2.00. The summed E-state index contributed by atoms with van der Waals surface area (Å²) in [5.41, 5.74) is 1.51. The van der Waals surface area contributed by atoms with E-state index in [0.29, 0.717) is 0 Å². The molecule has 0 fully saturated rings. The average Bonchev–Trinajstić information content (AvgIpc) is 2.65. The van der Waals surface area contributed by atoms with Gasteiger partial charge in [0.05, 0.1) is 0 Å². The highest BCUT2D eigenvalue weighted by molar-refractivity contribution is 7.98. The molecule has 0 spiro atoms. The highest BCUT2D eigenvalue weighted by Crippen LogP contribution is 2.16. The average molecular weight is 229 g/mol. The Balaban J connectivity index is 2.17. The minimum atomic E-state index is 1.05. The topological polar surface area (TPSA) is 12.0 Å². The van der Waals surface area contributed by atoms with Crippen molar-refractivity contribution >= 4 is 23.1 Å². The maximum Gasteiger partial charge on any atom is 0.0302 e. The van der Waals surface area contributed by atoms with Gasteiger partial charge in [-0.15, -0.1) is 11.3 Å². The van der Waals surface area contributed by atoms with Crippen molar-refractivity contribution in [3.8, 4) is 0 Å². The van der Waals surface area contributed by atoms with E-state index in [1.165, 1.54) is 22.6 Å². The number of hydrogen-bond acceptors (Lipinski definition) is 3. The molecule has 1 nitrogen and oxygen atoms in total. The normalized spacial score (nSPS) is 10.7. The summed E-state index contributed by atoms with van der Waals surface area (Å²) in [6.45, 7) is 4.41. The number of aryl methyl sites for hydroxylation is 1. The lowest BCUT2D eigenvalue weighted by atomic mass is 10.2. The number of thiophene rings is 1. The molecular formula is C11H19NS2. The molecule has 0 radical (unpaired) electrons. The van der Waals surface area contributed by atoms with Gasteiger partial charge in [0.1, 0.15) is 0 Å². The standard InChI is InChI=1S/C11H19NS2/c1-3-10-5-8-14-11(10)9-12-6-4-7-13-2/h5,8,12H,3-4,6-7,9H2,1-2H3.